The Balaban J connectivity index is 1.67. The lowest BCUT2D eigenvalue weighted by atomic mass is 10.1. The number of nitrogens with one attached hydrogen (secondary N) is 2. The van der Waals surface area contributed by atoms with Gasteiger partial charge in [-0.15, -0.1) is 0 Å². The first-order valence-electron chi connectivity index (χ1n) is 9.34. The molecule has 10 heteroatoms. The van der Waals surface area contributed by atoms with Crippen LogP contribution in [-0.2, 0) is 0 Å². The molecular weight excluding hydrogens is 372 g/mol. The zero-order valence-electron chi connectivity index (χ0n) is 16.3. The lowest BCUT2D eigenvalue weighted by Gasteiger charge is -2.32. The quantitative estimate of drug-likeness (QED) is 0.498. The summed E-state index contributed by atoms with van der Waals surface area (Å²) >= 11 is 0. The van der Waals surface area contributed by atoms with Crippen molar-refractivity contribution < 1.29 is 4.92 Å². The number of rotatable bonds is 5. The van der Waals surface area contributed by atoms with Gasteiger partial charge in [0.05, 0.1) is 10.4 Å². The first-order chi connectivity index (χ1) is 14.0. The van der Waals surface area contributed by atoms with E-state index in [9.17, 15) is 10.1 Å². The molecule has 0 saturated carbocycles. The largest absolute Gasteiger partial charge is 0.354 e. The number of aryl methyl sites for hydroxylation is 1. The van der Waals surface area contributed by atoms with Crippen molar-refractivity contribution in [2.45, 2.75) is 6.92 Å². The van der Waals surface area contributed by atoms with Crippen molar-refractivity contribution in [3.8, 4) is 0 Å². The fourth-order valence-electron chi connectivity index (χ4n) is 3.29. The number of aromatic nitrogens is 3. The number of likely N-dealkylation sites (N-methyl/N-ethyl adjacent to an activating group) is 1. The number of hydrogen-bond donors (Lipinski definition) is 2. The number of piperazine rings is 1. The van der Waals surface area contributed by atoms with Crippen molar-refractivity contribution in [1.82, 2.24) is 24.9 Å². The van der Waals surface area contributed by atoms with Crippen LogP contribution in [0.4, 0.5) is 23.0 Å². The maximum Gasteiger partial charge on any atom is 0.354 e. The molecule has 29 heavy (non-hydrogen) atoms. The summed E-state index contributed by atoms with van der Waals surface area (Å²) < 4.78 is 0. The third-order valence-electron chi connectivity index (χ3n) is 4.90. The lowest BCUT2D eigenvalue weighted by Crippen LogP contribution is -2.47. The molecule has 0 unspecified atom stereocenters. The van der Waals surface area contributed by atoms with Crippen LogP contribution in [0.3, 0.4) is 0 Å². The number of anilines is 3. The van der Waals surface area contributed by atoms with Gasteiger partial charge in [0.25, 0.3) is 0 Å². The summed E-state index contributed by atoms with van der Waals surface area (Å²) in [6.45, 7) is 5.16. The Kier molecular flexibility index (Phi) is 5.19. The van der Waals surface area contributed by atoms with Crippen molar-refractivity contribution in [1.29, 1.82) is 0 Å². The van der Waals surface area contributed by atoms with E-state index in [1.165, 1.54) is 6.33 Å². The van der Waals surface area contributed by atoms with E-state index in [0.717, 1.165) is 42.8 Å². The Morgan fingerprint density at radius 1 is 1.07 bits per heavy atom. The van der Waals surface area contributed by atoms with E-state index in [2.05, 4.69) is 30.6 Å². The number of nitrogens with zero attached hydrogens (tertiary/aromatic N) is 6. The second kappa shape index (κ2) is 7.94. The summed E-state index contributed by atoms with van der Waals surface area (Å²) in [5, 5.41) is 17.7. The number of pyridine rings is 1. The fourth-order valence-corrected chi connectivity index (χ4v) is 3.29. The highest BCUT2D eigenvalue weighted by molar-refractivity contribution is 5.94. The summed E-state index contributed by atoms with van der Waals surface area (Å²) in [4.78, 5) is 26.3. The molecule has 0 bridgehead atoms. The second-order valence-electron chi connectivity index (χ2n) is 7.03. The Morgan fingerprint density at radius 2 is 1.83 bits per heavy atom. The highest BCUT2D eigenvalue weighted by atomic mass is 16.6. The minimum absolute atomic E-state index is 0.134. The maximum absolute atomic E-state index is 11.8. The molecule has 1 aromatic carbocycles. The van der Waals surface area contributed by atoms with Gasteiger partial charge in [0.2, 0.25) is 11.6 Å². The van der Waals surface area contributed by atoms with Gasteiger partial charge >= 0.3 is 5.69 Å². The lowest BCUT2D eigenvalue weighted by molar-refractivity contribution is -0.383. The number of hydrogen-bond acceptors (Lipinski definition) is 9. The zero-order chi connectivity index (χ0) is 20.4. The molecule has 10 nitrogen and oxygen atoms in total. The molecule has 2 aromatic heterocycles. The monoisotopic (exact) mass is 394 g/mol. The zero-order valence-corrected chi connectivity index (χ0v) is 16.3. The summed E-state index contributed by atoms with van der Waals surface area (Å²) in [5.41, 5.74) is 5.30. The molecule has 3 heterocycles. The van der Waals surface area contributed by atoms with E-state index in [-0.39, 0.29) is 17.3 Å². The van der Waals surface area contributed by atoms with Gasteiger partial charge in [-0.3, -0.25) is 20.5 Å². The van der Waals surface area contributed by atoms with E-state index in [1.54, 1.807) is 0 Å². The normalized spacial score (nSPS) is 15.4. The minimum atomic E-state index is -0.464. The van der Waals surface area contributed by atoms with Gasteiger partial charge < -0.3 is 10.2 Å². The van der Waals surface area contributed by atoms with Gasteiger partial charge in [0, 0.05) is 42.9 Å². The van der Waals surface area contributed by atoms with Gasteiger partial charge in [0.15, 0.2) is 0 Å². The van der Waals surface area contributed by atoms with E-state index in [1.807, 2.05) is 49.3 Å². The minimum Gasteiger partial charge on any atom is -0.334 e. The van der Waals surface area contributed by atoms with Crippen LogP contribution >= 0.6 is 0 Å². The highest BCUT2D eigenvalue weighted by Crippen LogP contribution is 2.33. The number of nitro groups is 1. The molecule has 2 N–H and O–H groups in total. The Hall–Kier alpha value is -3.37. The molecule has 1 aliphatic rings. The SMILES string of the molecule is Cc1ccc2c(Nc3ncnc(NN4CCN(C)CC4)c3[N+](=O)[O-])cccc2n1. The van der Waals surface area contributed by atoms with Gasteiger partial charge in [-0.05, 0) is 38.2 Å². The van der Waals surface area contributed by atoms with Crippen molar-refractivity contribution in [3.63, 3.8) is 0 Å². The first-order valence-corrected chi connectivity index (χ1v) is 9.34. The summed E-state index contributed by atoms with van der Waals surface area (Å²) in [5.74, 6) is 0.306. The molecule has 0 aliphatic carbocycles. The van der Waals surface area contributed by atoms with Crippen LogP contribution < -0.4 is 10.7 Å². The standard InChI is InChI=1S/C19H22N8O2/c1-13-6-7-14-15(22-13)4-3-5-16(14)23-18-17(27(28)29)19(21-12-20-18)24-26-10-8-25(2)9-11-26/h3-7,12H,8-11H2,1-2H3,(H2,20,21,23,24). The molecule has 4 rings (SSSR count). The third kappa shape index (κ3) is 4.08. The van der Waals surface area contributed by atoms with E-state index in [0.29, 0.717) is 5.69 Å². The molecule has 3 aromatic rings. The average Bonchev–Trinajstić information content (AvgIpc) is 2.69. The fraction of sp³-hybridized carbons (Fsp3) is 0.316. The van der Waals surface area contributed by atoms with Crippen LogP contribution in [0.15, 0.2) is 36.7 Å². The Labute approximate surface area is 167 Å². The van der Waals surface area contributed by atoms with Crippen molar-refractivity contribution in [2.75, 3.05) is 44.0 Å². The van der Waals surface area contributed by atoms with Gasteiger partial charge in [-0.2, -0.15) is 0 Å². The molecule has 1 fully saturated rings. The topological polar surface area (TPSA) is 112 Å². The molecule has 0 radical (unpaired) electrons. The van der Waals surface area contributed by atoms with E-state index < -0.39 is 4.92 Å². The van der Waals surface area contributed by atoms with Crippen LogP contribution in [0.2, 0.25) is 0 Å². The highest BCUT2D eigenvalue weighted by Gasteiger charge is 2.26. The Morgan fingerprint density at radius 3 is 2.59 bits per heavy atom. The van der Waals surface area contributed by atoms with Crippen molar-refractivity contribution in [3.05, 3.63) is 52.5 Å². The summed E-state index contributed by atoms with van der Waals surface area (Å²) in [6.07, 6.45) is 1.32. The van der Waals surface area contributed by atoms with E-state index in [4.69, 9.17) is 0 Å². The number of benzene rings is 1. The van der Waals surface area contributed by atoms with Crippen molar-refractivity contribution in [2.24, 2.45) is 0 Å². The van der Waals surface area contributed by atoms with Crippen LogP contribution in [0, 0.1) is 17.0 Å². The molecule has 1 aliphatic heterocycles. The van der Waals surface area contributed by atoms with Gasteiger partial charge in [-0.1, -0.05) is 6.07 Å². The van der Waals surface area contributed by atoms with E-state index >= 15 is 0 Å². The summed E-state index contributed by atoms with van der Waals surface area (Å²) in [6, 6.07) is 9.45. The molecular formula is C19H22N8O2. The predicted octanol–water partition coefficient (Wildman–Crippen LogP) is 2.56. The molecule has 150 valence electrons. The van der Waals surface area contributed by atoms with Gasteiger partial charge in [-0.25, -0.2) is 15.0 Å². The van der Waals surface area contributed by atoms with Crippen molar-refractivity contribution >= 4 is 33.9 Å². The van der Waals surface area contributed by atoms with Crippen LogP contribution in [0.25, 0.3) is 10.9 Å². The number of fused-ring (bicyclic) bond motifs is 1. The number of hydrazine groups is 1. The maximum atomic E-state index is 11.8. The average molecular weight is 394 g/mol. The molecule has 1 saturated heterocycles. The summed E-state index contributed by atoms with van der Waals surface area (Å²) in [7, 11) is 2.05. The molecule has 0 spiro atoms. The first kappa shape index (κ1) is 19.0. The second-order valence-corrected chi connectivity index (χ2v) is 7.03. The predicted molar refractivity (Wildman–Crippen MR) is 111 cm³/mol. The van der Waals surface area contributed by atoms with Gasteiger partial charge in [0.1, 0.15) is 6.33 Å². The van der Waals surface area contributed by atoms with Crippen LogP contribution in [0.1, 0.15) is 5.69 Å². The van der Waals surface area contributed by atoms with Crippen LogP contribution in [-0.4, -0.2) is 63.0 Å². The molecule has 0 amide bonds. The third-order valence-corrected chi connectivity index (χ3v) is 4.90. The Bertz CT molecular complexity index is 1050. The smallest absolute Gasteiger partial charge is 0.334 e. The van der Waals surface area contributed by atoms with Crippen LogP contribution in [0.5, 0.6) is 0 Å². The molecule has 0 atom stereocenters.